The van der Waals surface area contributed by atoms with Crippen molar-refractivity contribution in [1.29, 1.82) is 0 Å². The molecule has 1 aromatic carbocycles. The number of thiazole rings is 1. The number of amides is 1. The molecule has 0 saturated carbocycles. The first kappa shape index (κ1) is 16.1. The first-order valence-corrected chi connectivity index (χ1v) is 8.88. The lowest BCUT2D eigenvalue weighted by molar-refractivity contribution is -0.118. The van der Waals surface area contributed by atoms with Gasteiger partial charge in [-0.15, -0.1) is 11.3 Å². The van der Waals surface area contributed by atoms with Gasteiger partial charge in [-0.1, -0.05) is 28.1 Å². The monoisotopic (exact) mass is 389 g/mol. The third kappa shape index (κ3) is 3.67. The summed E-state index contributed by atoms with van der Waals surface area (Å²) in [5.74, 6) is -0.718. The molecule has 0 aliphatic heterocycles. The summed E-state index contributed by atoms with van der Waals surface area (Å²) in [5, 5.41) is 1.95. The van der Waals surface area contributed by atoms with Crippen LogP contribution in [0.5, 0.6) is 0 Å². The molecule has 0 radical (unpaired) electrons. The van der Waals surface area contributed by atoms with Gasteiger partial charge in [0.1, 0.15) is 5.01 Å². The van der Waals surface area contributed by atoms with E-state index in [0.717, 1.165) is 14.3 Å². The molecule has 1 amide bonds. The van der Waals surface area contributed by atoms with E-state index >= 15 is 0 Å². The van der Waals surface area contributed by atoms with Crippen LogP contribution in [0, 0.1) is 0 Å². The van der Waals surface area contributed by atoms with Crippen LogP contribution in [0.4, 0.5) is 0 Å². The number of halogens is 1. The van der Waals surface area contributed by atoms with E-state index in [-0.39, 0.29) is 11.6 Å². The highest BCUT2D eigenvalue weighted by molar-refractivity contribution is 9.10. The van der Waals surface area contributed by atoms with Gasteiger partial charge in [-0.25, -0.2) is 13.4 Å². The Morgan fingerprint density at radius 1 is 1.38 bits per heavy atom. The van der Waals surface area contributed by atoms with Gasteiger partial charge in [-0.2, -0.15) is 4.31 Å². The lowest BCUT2D eigenvalue weighted by Gasteiger charge is -2.12. The largest absolute Gasteiger partial charge is 0.369 e. The van der Waals surface area contributed by atoms with Crippen LogP contribution in [0.1, 0.15) is 0 Å². The number of primary amides is 1. The number of benzene rings is 1. The number of hydrogen-bond donors (Lipinski definition) is 1. The molecule has 0 unspecified atom stereocenters. The van der Waals surface area contributed by atoms with E-state index in [1.165, 1.54) is 23.8 Å². The molecule has 21 heavy (non-hydrogen) atoms. The summed E-state index contributed by atoms with van der Waals surface area (Å²) in [6, 6.07) is 7.38. The molecule has 0 atom stereocenters. The highest BCUT2D eigenvalue weighted by Gasteiger charge is 2.25. The van der Waals surface area contributed by atoms with Crippen LogP contribution in [0.15, 0.2) is 39.1 Å². The molecule has 0 fully saturated rings. The summed E-state index contributed by atoms with van der Waals surface area (Å²) >= 11 is 4.56. The summed E-state index contributed by atoms with van der Waals surface area (Å²) in [6.07, 6.45) is 0. The van der Waals surface area contributed by atoms with Crippen molar-refractivity contribution in [3.63, 3.8) is 0 Å². The molecule has 9 heteroatoms. The number of nitrogens with zero attached hydrogens (tertiary/aromatic N) is 2. The average Bonchev–Trinajstić information content (AvgIpc) is 2.89. The van der Waals surface area contributed by atoms with Gasteiger partial charge in [0.2, 0.25) is 5.91 Å². The van der Waals surface area contributed by atoms with Crippen molar-refractivity contribution in [1.82, 2.24) is 9.29 Å². The molecule has 2 aromatic rings. The Balaban J connectivity index is 2.31. The summed E-state index contributed by atoms with van der Waals surface area (Å²) in [5.41, 5.74) is 5.83. The predicted octanol–water partition coefficient (Wildman–Crippen LogP) is 1.68. The van der Waals surface area contributed by atoms with E-state index in [2.05, 4.69) is 20.9 Å². The highest BCUT2D eigenvalue weighted by atomic mass is 79.9. The Morgan fingerprint density at radius 3 is 2.57 bits per heavy atom. The standard InChI is InChI=1S/C12H12BrN3O3S2/c1-16(6-10(14)17)21(18,19)11-7-20-12(15-11)8-2-4-9(13)5-3-8/h2-5,7H,6H2,1H3,(H2,14,17). The summed E-state index contributed by atoms with van der Waals surface area (Å²) < 4.78 is 26.3. The zero-order valence-corrected chi connectivity index (χ0v) is 14.2. The Bertz CT molecular complexity index is 756. The van der Waals surface area contributed by atoms with Crippen molar-refractivity contribution in [3.05, 3.63) is 34.1 Å². The molecule has 0 bridgehead atoms. The van der Waals surface area contributed by atoms with Crippen LogP contribution in [0.25, 0.3) is 10.6 Å². The number of carbonyl (C=O) groups excluding carboxylic acids is 1. The average molecular weight is 390 g/mol. The molecular formula is C12H12BrN3O3S2. The van der Waals surface area contributed by atoms with Crippen LogP contribution in [-0.2, 0) is 14.8 Å². The van der Waals surface area contributed by atoms with Crippen molar-refractivity contribution in [2.24, 2.45) is 5.73 Å². The van der Waals surface area contributed by atoms with Crippen molar-refractivity contribution < 1.29 is 13.2 Å². The fourth-order valence-electron chi connectivity index (χ4n) is 1.57. The molecule has 0 spiro atoms. The van der Waals surface area contributed by atoms with Crippen LogP contribution >= 0.6 is 27.3 Å². The molecule has 0 aliphatic carbocycles. The third-order valence-electron chi connectivity index (χ3n) is 2.63. The lowest BCUT2D eigenvalue weighted by atomic mass is 10.2. The van der Waals surface area contributed by atoms with E-state index in [1.54, 1.807) is 0 Å². The third-order valence-corrected chi connectivity index (χ3v) is 5.88. The molecule has 1 heterocycles. The number of hydrogen-bond acceptors (Lipinski definition) is 5. The highest BCUT2D eigenvalue weighted by Crippen LogP contribution is 2.27. The zero-order valence-electron chi connectivity index (χ0n) is 11.0. The molecule has 2 N–H and O–H groups in total. The number of carbonyl (C=O) groups is 1. The van der Waals surface area contributed by atoms with Gasteiger partial charge >= 0.3 is 0 Å². The minimum absolute atomic E-state index is 0.0887. The van der Waals surface area contributed by atoms with E-state index in [9.17, 15) is 13.2 Å². The maximum Gasteiger partial charge on any atom is 0.261 e. The molecule has 0 saturated heterocycles. The maximum absolute atomic E-state index is 12.2. The van der Waals surface area contributed by atoms with Crippen molar-refractivity contribution in [2.75, 3.05) is 13.6 Å². The van der Waals surface area contributed by atoms with Gasteiger partial charge in [0.15, 0.2) is 5.03 Å². The number of likely N-dealkylation sites (N-methyl/N-ethyl adjacent to an activating group) is 1. The second-order valence-electron chi connectivity index (χ2n) is 4.23. The Kier molecular flexibility index (Phi) is 4.77. The summed E-state index contributed by atoms with van der Waals surface area (Å²) in [7, 11) is -2.52. The van der Waals surface area contributed by atoms with Crippen molar-refractivity contribution in [3.8, 4) is 10.6 Å². The van der Waals surface area contributed by atoms with E-state index in [1.807, 2.05) is 24.3 Å². The minimum atomic E-state index is -3.81. The Labute approximate surface area is 134 Å². The maximum atomic E-state index is 12.2. The summed E-state index contributed by atoms with van der Waals surface area (Å²) in [6.45, 7) is -0.381. The molecule has 2 rings (SSSR count). The smallest absolute Gasteiger partial charge is 0.261 e. The second-order valence-corrected chi connectivity index (χ2v) is 7.99. The Morgan fingerprint density at radius 2 is 2.00 bits per heavy atom. The van der Waals surface area contributed by atoms with Crippen molar-refractivity contribution >= 4 is 43.2 Å². The van der Waals surface area contributed by atoms with Gasteiger partial charge in [0, 0.05) is 22.5 Å². The van der Waals surface area contributed by atoms with Gasteiger partial charge in [-0.05, 0) is 12.1 Å². The SMILES string of the molecule is CN(CC(N)=O)S(=O)(=O)c1csc(-c2ccc(Br)cc2)n1. The summed E-state index contributed by atoms with van der Waals surface area (Å²) in [4.78, 5) is 15.0. The number of nitrogens with two attached hydrogens (primary N) is 1. The van der Waals surface area contributed by atoms with Crippen LogP contribution in [-0.4, -0.2) is 37.2 Å². The normalized spacial score (nSPS) is 11.8. The molecule has 1 aromatic heterocycles. The van der Waals surface area contributed by atoms with Gasteiger partial charge in [0.25, 0.3) is 10.0 Å². The fourth-order valence-corrected chi connectivity index (χ4v) is 4.03. The minimum Gasteiger partial charge on any atom is -0.369 e. The first-order valence-electron chi connectivity index (χ1n) is 5.77. The van der Waals surface area contributed by atoms with Crippen LogP contribution in [0.2, 0.25) is 0 Å². The molecule has 6 nitrogen and oxygen atoms in total. The first-order chi connectivity index (χ1) is 9.80. The fraction of sp³-hybridized carbons (Fsp3) is 0.167. The molecule has 0 aliphatic rings. The predicted molar refractivity (Wildman–Crippen MR) is 84.3 cm³/mol. The lowest BCUT2D eigenvalue weighted by Crippen LogP contribution is -2.35. The number of rotatable bonds is 5. The van der Waals surface area contributed by atoms with Gasteiger partial charge in [0.05, 0.1) is 6.54 Å². The second kappa shape index (κ2) is 6.22. The molecule has 112 valence electrons. The van der Waals surface area contributed by atoms with Gasteiger partial charge < -0.3 is 5.73 Å². The van der Waals surface area contributed by atoms with E-state index in [4.69, 9.17) is 5.73 Å². The zero-order chi connectivity index (χ0) is 15.6. The van der Waals surface area contributed by atoms with Crippen LogP contribution in [0.3, 0.4) is 0 Å². The number of aromatic nitrogens is 1. The van der Waals surface area contributed by atoms with Gasteiger partial charge in [-0.3, -0.25) is 4.79 Å². The van der Waals surface area contributed by atoms with E-state index < -0.39 is 15.9 Å². The quantitative estimate of drug-likeness (QED) is 0.841. The van der Waals surface area contributed by atoms with E-state index in [0.29, 0.717) is 5.01 Å². The Hall–Kier alpha value is -1.29. The number of sulfonamides is 1. The van der Waals surface area contributed by atoms with Crippen molar-refractivity contribution in [2.45, 2.75) is 5.03 Å². The molecular weight excluding hydrogens is 378 g/mol. The topological polar surface area (TPSA) is 93.4 Å². The van der Waals surface area contributed by atoms with Crippen LogP contribution < -0.4 is 5.73 Å².